The zero-order valence-electron chi connectivity index (χ0n) is 15.9. The smallest absolute Gasteiger partial charge is 0.226 e. The van der Waals surface area contributed by atoms with Crippen LogP contribution in [0, 0.1) is 0 Å². The van der Waals surface area contributed by atoms with Crippen molar-refractivity contribution >= 4 is 11.7 Å². The van der Waals surface area contributed by atoms with Gasteiger partial charge in [-0.25, -0.2) is 4.68 Å². The van der Waals surface area contributed by atoms with Crippen molar-refractivity contribution in [3.8, 4) is 22.9 Å². The molecule has 0 bridgehead atoms. The number of fused-ring (bicyclic) bond motifs is 1. The average molecular weight is 388 g/mol. The van der Waals surface area contributed by atoms with Crippen molar-refractivity contribution in [1.29, 1.82) is 0 Å². The summed E-state index contributed by atoms with van der Waals surface area (Å²) in [5.41, 5.74) is 3.31. The molecule has 1 aliphatic carbocycles. The fourth-order valence-corrected chi connectivity index (χ4v) is 4.07. The Bertz CT molecular complexity index is 1130. The van der Waals surface area contributed by atoms with Crippen molar-refractivity contribution in [3.63, 3.8) is 0 Å². The number of ether oxygens (including phenoxy) is 1. The topological polar surface area (TPSA) is 89.3 Å². The van der Waals surface area contributed by atoms with Gasteiger partial charge < -0.3 is 15.2 Å². The number of anilines is 1. The predicted molar refractivity (Wildman–Crippen MR) is 108 cm³/mol. The molecule has 2 aliphatic rings. The number of methoxy groups -OCH3 is 1. The number of rotatable bonds is 3. The molecule has 2 aromatic carbocycles. The summed E-state index contributed by atoms with van der Waals surface area (Å²) in [6.07, 6.45) is 2.15. The molecule has 1 aliphatic heterocycles. The molecule has 2 heterocycles. The Balaban J connectivity index is 1.70. The Hall–Kier alpha value is -3.61. The second-order valence-electron chi connectivity index (χ2n) is 7.19. The first-order valence-corrected chi connectivity index (χ1v) is 9.58. The minimum atomic E-state index is -0.399. The third-order valence-corrected chi connectivity index (χ3v) is 5.43. The summed E-state index contributed by atoms with van der Waals surface area (Å²) < 4.78 is 7.36. The van der Waals surface area contributed by atoms with Crippen molar-refractivity contribution in [2.75, 3.05) is 12.4 Å². The number of phenols is 1. The first-order valence-electron chi connectivity index (χ1n) is 9.58. The summed E-state index contributed by atoms with van der Waals surface area (Å²) in [4.78, 5) is 17.6. The number of aromatic nitrogens is 3. The number of allylic oxidation sites excluding steroid dienone is 2. The van der Waals surface area contributed by atoms with Gasteiger partial charge in [-0.1, -0.05) is 18.2 Å². The molecule has 7 heteroatoms. The van der Waals surface area contributed by atoms with E-state index in [2.05, 4.69) is 10.3 Å². The summed E-state index contributed by atoms with van der Waals surface area (Å²) >= 11 is 0. The summed E-state index contributed by atoms with van der Waals surface area (Å²) in [5.74, 6) is 2.14. The molecule has 0 fully saturated rings. The number of carbonyl (C=O) groups is 1. The lowest BCUT2D eigenvalue weighted by Gasteiger charge is -2.32. The van der Waals surface area contributed by atoms with Gasteiger partial charge in [0.25, 0.3) is 0 Å². The molecule has 1 atom stereocenters. The van der Waals surface area contributed by atoms with Gasteiger partial charge >= 0.3 is 0 Å². The minimum Gasteiger partial charge on any atom is -0.508 e. The number of para-hydroxylation sites is 1. The largest absolute Gasteiger partial charge is 0.508 e. The van der Waals surface area contributed by atoms with Gasteiger partial charge in [-0.15, -0.1) is 5.10 Å². The molecule has 3 aromatic rings. The van der Waals surface area contributed by atoms with Crippen molar-refractivity contribution in [2.24, 2.45) is 0 Å². The predicted octanol–water partition coefficient (Wildman–Crippen LogP) is 3.68. The Morgan fingerprint density at radius 3 is 2.72 bits per heavy atom. The van der Waals surface area contributed by atoms with E-state index >= 15 is 0 Å². The SMILES string of the molecule is COc1ccccc1C1C2=C(CCCC2=O)Nc2nc(-c3ccc(O)cc3)nn21. The Kier molecular flexibility index (Phi) is 4.08. The van der Waals surface area contributed by atoms with Crippen molar-refractivity contribution < 1.29 is 14.6 Å². The lowest BCUT2D eigenvalue weighted by atomic mass is 9.85. The van der Waals surface area contributed by atoms with Gasteiger partial charge in [-0.05, 0) is 43.2 Å². The van der Waals surface area contributed by atoms with Crippen LogP contribution in [0.15, 0.2) is 59.8 Å². The molecule has 0 spiro atoms. The normalized spacial score (nSPS) is 18.1. The molecule has 0 amide bonds. The number of benzene rings is 2. The lowest BCUT2D eigenvalue weighted by molar-refractivity contribution is -0.116. The molecule has 146 valence electrons. The highest BCUT2D eigenvalue weighted by molar-refractivity contribution is 5.99. The summed E-state index contributed by atoms with van der Waals surface area (Å²) in [7, 11) is 1.63. The second-order valence-corrected chi connectivity index (χ2v) is 7.19. The van der Waals surface area contributed by atoms with E-state index in [-0.39, 0.29) is 11.5 Å². The number of Topliss-reactive ketones (excluding diaryl/α,β-unsaturated/α-hetero) is 1. The van der Waals surface area contributed by atoms with Crippen LogP contribution < -0.4 is 10.1 Å². The van der Waals surface area contributed by atoms with Crippen molar-refractivity contribution in [3.05, 3.63) is 65.4 Å². The van der Waals surface area contributed by atoms with Gasteiger partial charge in [0, 0.05) is 28.8 Å². The van der Waals surface area contributed by atoms with Gasteiger partial charge in [0.1, 0.15) is 17.5 Å². The van der Waals surface area contributed by atoms with Crippen LogP contribution in [0.2, 0.25) is 0 Å². The molecule has 29 heavy (non-hydrogen) atoms. The van der Waals surface area contributed by atoms with Crippen LogP contribution in [0.4, 0.5) is 5.95 Å². The van der Waals surface area contributed by atoms with Crippen molar-refractivity contribution in [1.82, 2.24) is 14.8 Å². The lowest BCUT2D eigenvalue weighted by Crippen LogP contribution is -2.31. The van der Waals surface area contributed by atoms with Gasteiger partial charge in [0.15, 0.2) is 11.6 Å². The number of ketones is 1. The quantitative estimate of drug-likeness (QED) is 0.711. The highest BCUT2D eigenvalue weighted by atomic mass is 16.5. The highest BCUT2D eigenvalue weighted by Gasteiger charge is 2.38. The maximum Gasteiger partial charge on any atom is 0.226 e. The Labute approximate surface area is 167 Å². The maximum absolute atomic E-state index is 12.9. The molecule has 1 aromatic heterocycles. The fourth-order valence-electron chi connectivity index (χ4n) is 4.07. The number of carbonyl (C=O) groups excluding carboxylic acids is 1. The standard InChI is InChI=1S/C22H20N4O3/c1-29-18-8-3-2-5-15(18)20-19-16(6-4-7-17(19)28)23-22-24-21(25-26(20)22)13-9-11-14(27)12-10-13/h2-3,5,8-12,20,27H,4,6-7H2,1H3,(H,23,24,25). The van der Waals surface area contributed by atoms with Gasteiger partial charge in [0.05, 0.1) is 7.11 Å². The average Bonchev–Trinajstić information content (AvgIpc) is 3.16. The van der Waals surface area contributed by atoms with E-state index in [0.717, 1.165) is 35.2 Å². The molecule has 0 saturated carbocycles. The molecule has 0 radical (unpaired) electrons. The van der Waals surface area contributed by atoms with Crippen LogP contribution in [0.3, 0.4) is 0 Å². The molecular weight excluding hydrogens is 368 g/mol. The van der Waals surface area contributed by atoms with Crippen LogP contribution >= 0.6 is 0 Å². The van der Waals surface area contributed by atoms with E-state index in [1.807, 2.05) is 24.3 Å². The van der Waals surface area contributed by atoms with Gasteiger partial charge in [0.2, 0.25) is 5.95 Å². The zero-order chi connectivity index (χ0) is 20.0. The van der Waals surface area contributed by atoms with Crippen LogP contribution in [0.1, 0.15) is 30.9 Å². The van der Waals surface area contributed by atoms with Gasteiger partial charge in [-0.2, -0.15) is 4.98 Å². The number of nitrogens with zero attached hydrogens (tertiary/aromatic N) is 3. The van der Waals surface area contributed by atoms with Gasteiger partial charge in [-0.3, -0.25) is 4.79 Å². The minimum absolute atomic E-state index is 0.127. The number of aromatic hydroxyl groups is 1. The molecule has 5 rings (SSSR count). The zero-order valence-corrected chi connectivity index (χ0v) is 15.9. The maximum atomic E-state index is 12.9. The summed E-state index contributed by atoms with van der Waals surface area (Å²) in [6, 6.07) is 14.1. The van der Waals surface area contributed by atoms with Crippen LogP contribution in [-0.4, -0.2) is 32.8 Å². The fraction of sp³-hybridized carbons (Fsp3) is 0.227. The van der Waals surface area contributed by atoms with Crippen LogP contribution in [0.5, 0.6) is 11.5 Å². The van der Waals surface area contributed by atoms with E-state index in [4.69, 9.17) is 9.84 Å². The molecule has 2 N–H and O–H groups in total. The molecule has 1 unspecified atom stereocenters. The highest BCUT2D eigenvalue weighted by Crippen LogP contribution is 2.43. The van der Waals surface area contributed by atoms with Crippen LogP contribution in [0.25, 0.3) is 11.4 Å². The number of phenolic OH excluding ortho intramolecular Hbond substituents is 1. The second kappa shape index (κ2) is 6.77. The summed E-state index contributed by atoms with van der Waals surface area (Å²) in [5, 5.41) is 17.6. The van der Waals surface area contributed by atoms with E-state index in [0.29, 0.717) is 23.9 Å². The first-order chi connectivity index (χ1) is 14.2. The molecule has 7 nitrogen and oxygen atoms in total. The van der Waals surface area contributed by atoms with E-state index in [9.17, 15) is 9.90 Å². The Morgan fingerprint density at radius 1 is 1.14 bits per heavy atom. The number of hydrogen-bond donors (Lipinski definition) is 2. The first kappa shape index (κ1) is 17.5. The monoisotopic (exact) mass is 388 g/mol. The Morgan fingerprint density at radius 2 is 1.93 bits per heavy atom. The number of hydrogen-bond acceptors (Lipinski definition) is 6. The third kappa shape index (κ3) is 2.86. The number of nitrogens with one attached hydrogen (secondary N) is 1. The van der Waals surface area contributed by atoms with E-state index in [1.54, 1.807) is 36.1 Å². The van der Waals surface area contributed by atoms with E-state index < -0.39 is 6.04 Å². The molecule has 0 saturated heterocycles. The summed E-state index contributed by atoms with van der Waals surface area (Å²) in [6.45, 7) is 0. The third-order valence-electron chi connectivity index (χ3n) is 5.43. The van der Waals surface area contributed by atoms with Crippen molar-refractivity contribution in [2.45, 2.75) is 25.3 Å². The van der Waals surface area contributed by atoms with E-state index in [1.165, 1.54) is 0 Å². The van der Waals surface area contributed by atoms with Crippen LogP contribution in [-0.2, 0) is 4.79 Å². The molecular formula is C22H20N4O3.